The maximum atomic E-state index is 12.4. The number of hydrogen-bond acceptors (Lipinski definition) is 3. The summed E-state index contributed by atoms with van der Waals surface area (Å²) >= 11 is 0. The molecule has 1 aromatic rings. The van der Waals surface area contributed by atoms with E-state index in [4.69, 9.17) is 5.11 Å². The van der Waals surface area contributed by atoms with Gasteiger partial charge in [0.2, 0.25) is 5.91 Å². The van der Waals surface area contributed by atoms with Gasteiger partial charge in [-0.3, -0.25) is 14.5 Å². The van der Waals surface area contributed by atoms with Crippen LogP contribution in [0.4, 0.5) is 18.9 Å². The van der Waals surface area contributed by atoms with Crippen molar-refractivity contribution in [3.63, 3.8) is 0 Å². The molecule has 21 heavy (non-hydrogen) atoms. The minimum Gasteiger partial charge on any atom is -0.480 e. The van der Waals surface area contributed by atoms with Crippen LogP contribution >= 0.6 is 0 Å². The van der Waals surface area contributed by atoms with Crippen LogP contribution < -0.4 is 5.32 Å². The Bertz CT molecular complexity index is 500. The predicted molar refractivity (Wildman–Crippen MR) is 69.7 cm³/mol. The maximum absolute atomic E-state index is 12.4. The maximum Gasteiger partial charge on any atom is 0.401 e. The molecule has 0 spiro atoms. The van der Waals surface area contributed by atoms with E-state index in [0.29, 0.717) is 11.3 Å². The van der Waals surface area contributed by atoms with E-state index in [1.165, 1.54) is 19.1 Å². The normalized spacial score (nSPS) is 11.5. The summed E-state index contributed by atoms with van der Waals surface area (Å²) in [4.78, 5) is 22.2. The van der Waals surface area contributed by atoms with Gasteiger partial charge in [0.1, 0.15) is 0 Å². The van der Waals surface area contributed by atoms with Crippen LogP contribution in [0.1, 0.15) is 12.5 Å². The Balaban J connectivity index is 2.73. The van der Waals surface area contributed by atoms with Gasteiger partial charge in [-0.1, -0.05) is 12.1 Å². The molecule has 5 nitrogen and oxygen atoms in total. The molecule has 0 unspecified atom stereocenters. The number of halogens is 3. The van der Waals surface area contributed by atoms with Crippen LogP contribution in [0.15, 0.2) is 24.3 Å². The highest BCUT2D eigenvalue weighted by molar-refractivity contribution is 5.88. The minimum absolute atomic E-state index is 0.147. The Kier molecular flexibility index (Phi) is 5.71. The van der Waals surface area contributed by atoms with Crippen LogP contribution in [0.2, 0.25) is 0 Å². The number of anilines is 1. The van der Waals surface area contributed by atoms with Crippen LogP contribution in [-0.4, -0.2) is 41.1 Å². The summed E-state index contributed by atoms with van der Waals surface area (Å²) in [5, 5.41) is 11.2. The van der Waals surface area contributed by atoms with Crippen molar-refractivity contribution >= 4 is 17.6 Å². The number of carbonyl (C=O) groups excluding carboxylic acids is 1. The topological polar surface area (TPSA) is 69.6 Å². The van der Waals surface area contributed by atoms with E-state index in [2.05, 4.69) is 5.32 Å². The number of carboxylic acid groups (broad SMARTS) is 1. The van der Waals surface area contributed by atoms with Gasteiger partial charge in [0.05, 0.1) is 13.1 Å². The first-order valence-electron chi connectivity index (χ1n) is 6.03. The van der Waals surface area contributed by atoms with Crippen molar-refractivity contribution in [1.82, 2.24) is 4.90 Å². The first kappa shape index (κ1) is 17.0. The molecule has 8 heteroatoms. The van der Waals surface area contributed by atoms with E-state index in [-0.39, 0.29) is 12.5 Å². The van der Waals surface area contributed by atoms with E-state index in [0.717, 1.165) is 4.90 Å². The molecular weight excluding hydrogens is 289 g/mol. The number of amides is 1. The van der Waals surface area contributed by atoms with E-state index >= 15 is 0 Å². The monoisotopic (exact) mass is 304 g/mol. The summed E-state index contributed by atoms with van der Waals surface area (Å²) in [6, 6.07) is 6.17. The molecule has 0 saturated heterocycles. The lowest BCUT2D eigenvalue weighted by molar-refractivity contribution is -0.154. The molecule has 0 aromatic heterocycles. The van der Waals surface area contributed by atoms with E-state index in [1.807, 2.05) is 0 Å². The molecule has 0 atom stereocenters. The molecule has 0 heterocycles. The van der Waals surface area contributed by atoms with E-state index in [1.54, 1.807) is 12.1 Å². The number of rotatable bonds is 6. The van der Waals surface area contributed by atoms with Crippen molar-refractivity contribution < 1.29 is 27.9 Å². The second-order valence-corrected chi connectivity index (χ2v) is 4.53. The number of aliphatic carboxylic acids is 1. The lowest BCUT2D eigenvalue weighted by Gasteiger charge is -2.21. The van der Waals surface area contributed by atoms with Gasteiger partial charge in [-0.2, -0.15) is 13.2 Å². The third-order valence-corrected chi connectivity index (χ3v) is 2.44. The minimum atomic E-state index is -4.47. The molecular formula is C13H15F3N2O3. The van der Waals surface area contributed by atoms with E-state index in [9.17, 15) is 22.8 Å². The van der Waals surface area contributed by atoms with Crippen LogP contribution in [0, 0.1) is 0 Å². The largest absolute Gasteiger partial charge is 0.480 e. The van der Waals surface area contributed by atoms with Gasteiger partial charge in [0.15, 0.2) is 0 Å². The summed E-state index contributed by atoms with van der Waals surface area (Å²) in [7, 11) is 0. The smallest absolute Gasteiger partial charge is 0.401 e. The summed E-state index contributed by atoms with van der Waals surface area (Å²) in [6.45, 7) is -0.808. The lowest BCUT2D eigenvalue weighted by Crippen LogP contribution is -2.37. The van der Waals surface area contributed by atoms with Gasteiger partial charge in [0.25, 0.3) is 0 Å². The molecule has 1 aromatic carbocycles. The van der Waals surface area contributed by atoms with Crippen LogP contribution in [-0.2, 0) is 16.1 Å². The van der Waals surface area contributed by atoms with Crippen LogP contribution in [0.25, 0.3) is 0 Å². The van der Waals surface area contributed by atoms with Crippen molar-refractivity contribution in [3.05, 3.63) is 29.8 Å². The van der Waals surface area contributed by atoms with Gasteiger partial charge in [-0.25, -0.2) is 0 Å². The molecule has 0 aliphatic carbocycles. The Morgan fingerprint density at radius 2 is 1.81 bits per heavy atom. The van der Waals surface area contributed by atoms with Gasteiger partial charge >= 0.3 is 12.1 Å². The summed E-state index contributed by atoms with van der Waals surface area (Å²) in [6.07, 6.45) is -4.47. The highest BCUT2D eigenvalue weighted by atomic mass is 19.4. The molecule has 2 N–H and O–H groups in total. The highest BCUT2D eigenvalue weighted by Crippen LogP contribution is 2.18. The highest BCUT2D eigenvalue weighted by Gasteiger charge is 2.31. The molecule has 1 amide bonds. The number of benzene rings is 1. The van der Waals surface area contributed by atoms with Gasteiger partial charge in [-0.05, 0) is 17.7 Å². The number of carbonyl (C=O) groups is 2. The average Bonchev–Trinajstić information content (AvgIpc) is 2.27. The number of carboxylic acids is 1. The van der Waals surface area contributed by atoms with Crippen molar-refractivity contribution in [3.8, 4) is 0 Å². The average molecular weight is 304 g/mol. The van der Waals surface area contributed by atoms with Crippen molar-refractivity contribution in [1.29, 1.82) is 0 Å². The van der Waals surface area contributed by atoms with Gasteiger partial charge in [-0.15, -0.1) is 0 Å². The first-order valence-corrected chi connectivity index (χ1v) is 6.03. The number of hydrogen-bond donors (Lipinski definition) is 2. The molecule has 0 aliphatic rings. The second kappa shape index (κ2) is 7.07. The summed E-state index contributed by atoms with van der Waals surface area (Å²) in [5.74, 6) is -1.58. The standard InChI is InChI=1S/C13H15F3N2O3/c1-9(19)17-11-4-2-10(3-5-11)6-18(7-12(20)21)8-13(14,15)16/h2-5H,6-8H2,1H3,(H,17,19)(H,20,21). The Morgan fingerprint density at radius 1 is 1.24 bits per heavy atom. The predicted octanol–water partition coefficient (Wildman–Crippen LogP) is 2.09. The quantitative estimate of drug-likeness (QED) is 0.844. The number of alkyl halides is 3. The Hall–Kier alpha value is -2.09. The first-order chi connectivity index (χ1) is 9.65. The Labute approximate surface area is 119 Å². The fraction of sp³-hybridized carbons (Fsp3) is 0.385. The SMILES string of the molecule is CC(=O)Nc1ccc(CN(CC(=O)O)CC(F)(F)F)cc1. The third-order valence-electron chi connectivity index (χ3n) is 2.44. The lowest BCUT2D eigenvalue weighted by atomic mass is 10.2. The zero-order valence-electron chi connectivity index (χ0n) is 11.3. The van der Waals surface area contributed by atoms with E-state index < -0.39 is 25.2 Å². The zero-order chi connectivity index (χ0) is 16.0. The van der Waals surface area contributed by atoms with Crippen molar-refractivity contribution in [2.45, 2.75) is 19.6 Å². The molecule has 0 bridgehead atoms. The van der Waals surface area contributed by atoms with Gasteiger partial charge in [0, 0.05) is 19.2 Å². The van der Waals surface area contributed by atoms with Gasteiger partial charge < -0.3 is 10.4 Å². The number of nitrogens with zero attached hydrogens (tertiary/aromatic N) is 1. The zero-order valence-corrected chi connectivity index (χ0v) is 11.3. The van der Waals surface area contributed by atoms with Crippen LogP contribution in [0.5, 0.6) is 0 Å². The third kappa shape index (κ3) is 7.31. The van der Waals surface area contributed by atoms with Crippen LogP contribution in [0.3, 0.4) is 0 Å². The van der Waals surface area contributed by atoms with Crippen molar-refractivity contribution in [2.75, 3.05) is 18.4 Å². The molecule has 116 valence electrons. The number of nitrogens with one attached hydrogen (secondary N) is 1. The summed E-state index contributed by atoms with van der Waals surface area (Å²) in [5.41, 5.74) is 1.04. The second-order valence-electron chi connectivity index (χ2n) is 4.53. The molecule has 0 fully saturated rings. The molecule has 0 saturated carbocycles. The van der Waals surface area contributed by atoms with Crippen molar-refractivity contribution in [2.24, 2.45) is 0 Å². The summed E-state index contributed by atoms with van der Waals surface area (Å²) < 4.78 is 37.2. The molecule has 1 rings (SSSR count). The fourth-order valence-corrected chi connectivity index (χ4v) is 1.77. The Morgan fingerprint density at radius 3 is 2.24 bits per heavy atom. The molecule has 0 aliphatic heterocycles. The fourth-order valence-electron chi connectivity index (χ4n) is 1.77. The molecule has 0 radical (unpaired) electrons.